The molecule has 0 saturated carbocycles. The lowest BCUT2D eigenvalue weighted by Gasteiger charge is -2.12. The van der Waals surface area contributed by atoms with Crippen molar-refractivity contribution in [2.24, 2.45) is 0 Å². The summed E-state index contributed by atoms with van der Waals surface area (Å²) in [5.41, 5.74) is 2.38. The molecule has 0 atom stereocenters. The van der Waals surface area contributed by atoms with Gasteiger partial charge in [0.25, 0.3) is 11.4 Å². The summed E-state index contributed by atoms with van der Waals surface area (Å²) >= 11 is 12.1. The van der Waals surface area contributed by atoms with Crippen molar-refractivity contribution in [3.8, 4) is 5.75 Å². The van der Waals surface area contributed by atoms with Crippen LogP contribution in [0.1, 0.15) is 5.56 Å². The van der Waals surface area contributed by atoms with E-state index < -0.39 is 9.85 Å². The Balaban J connectivity index is 0.000000229. The van der Waals surface area contributed by atoms with Crippen LogP contribution in [0.4, 0.5) is 27.3 Å². The number of nitrogens with zero attached hydrogens (tertiary/aromatic N) is 6. The van der Waals surface area contributed by atoms with E-state index >= 15 is 0 Å². The standard InChI is InChI=1S/C21H14ClFN4O3.C8H4ClN3O2/c22-18-9-15(4-7-20(18)30-11-13-2-1-3-14(23)8-13)26-21-17-10-16(27(28)29)5-6-19(17)24-12-25-21;9-8-6-3-5(12(13)14)1-2-7(6)10-4-11-8/h1-10,12H,11H2,(H,24,25,26);1-4H. The molecule has 6 rings (SSSR count). The van der Waals surface area contributed by atoms with Gasteiger partial charge in [-0.2, -0.15) is 0 Å². The summed E-state index contributed by atoms with van der Waals surface area (Å²) in [5.74, 6) is 0.516. The fourth-order valence-corrected chi connectivity index (χ4v) is 4.43. The quantitative estimate of drug-likeness (QED) is 0.104. The number of aromatic nitrogens is 4. The van der Waals surface area contributed by atoms with Gasteiger partial charge in [0.05, 0.1) is 25.9 Å². The third-order valence-corrected chi connectivity index (χ3v) is 6.69. The molecule has 0 bridgehead atoms. The molecule has 44 heavy (non-hydrogen) atoms. The van der Waals surface area contributed by atoms with Gasteiger partial charge in [-0.25, -0.2) is 24.3 Å². The van der Waals surface area contributed by atoms with Crippen molar-refractivity contribution in [3.05, 3.63) is 133 Å². The maximum absolute atomic E-state index is 13.3. The zero-order valence-electron chi connectivity index (χ0n) is 22.2. The Morgan fingerprint density at radius 2 is 1.43 bits per heavy atom. The van der Waals surface area contributed by atoms with Gasteiger partial charge in [-0.05, 0) is 48.0 Å². The minimum absolute atomic E-state index is 0.0193. The molecule has 0 aliphatic rings. The van der Waals surface area contributed by atoms with Crippen LogP contribution in [0.3, 0.4) is 0 Å². The molecule has 0 amide bonds. The Bertz CT molecular complexity index is 2030. The molecule has 0 spiro atoms. The average Bonchev–Trinajstić information content (AvgIpc) is 3.01. The molecule has 220 valence electrons. The van der Waals surface area contributed by atoms with Crippen molar-refractivity contribution in [1.82, 2.24) is 19.9 Å². The topological polar surface area (TPSA) is 159 Å². The number of ether oxygens (including phenoxy) is 1. The largest absolute Gasteiger partial charge is 0.487 e. The maximum Gasteiger partial charge on any atom is 0.270 e. The molecule has 0 aliphatic carbocycles. The van der Waals surface area contributed by atoms with Crippen LogP contribution >= 0.6 is 23.2 Å². The van der Waals surface area contributed by atoms with E-state index in [1.165, 1.54) is 49.1 Å². The molecular weight excluding hydrogens is 616 g/mol. The van der Waals surface area contributed by atoms with E-state index in [0.29, 0.717) is 49.6 Å². The summed E-state index contributed by atoms with van der Waals surface area (Å²) in [5, 5.41) is 26.2. The van der Waals surface area contributed by atoms with Crippen LogP contribution in [-0.2, 0) is 6.61 Å². The molecule has 0 radical (unpaired) electrons. The van der Waals surface area contributed by atoms with Crippen LogP contribution in [0, 0.1) is 26.0 Å². The zero-order chi connectivity index (χ0) is 31.2. The summed E-state index contributed by atoms with van der Waals surface area (Å²) in [6.45, 7) is 0.171. The first-order valence-electron chi connectivity index (χ1n) is 12.6. The molecule has 0 aliphatic heterocycles. The van der Waals surface area contributed by atoms with Crippen LogP contribution in [0.5, 0.6) is 5.75 Å². The molecule has 2 heterocycles. The fraction of sp³-hybridized carbons (Fsp3) is 0.0345. The van der Waals surface area contributed by atoms with Crippen LogP contribution in [0.2, 0.25) is 10.2 Å². The Morgan fingerprint density at radius 1 is 0.773 bits per heavy atom. The zero-order valence-corrected chi connectivity index (χ0v) is 23.7. The van der Waals surface area contributed by atoms with Crippen molar-refractivity contribution in [3.63, 3.8) is 0 Å². The van der Waals surface area contributed by atoms with Crippen molar-refractivity contribution in [2.45, 2.75) is 6.61 Å². The second kappa shape index (κ2) is 13.2. The number of benzene rings is 4. The SMILES string of the molecule is O=[N+]([O-])c1ccc2ncnc(Cl)c2c1.O=[N+]([O-])c1ccc2ncnc(Nc3ccc(OCc4cccc(F)c4)c(Cl)c3)c2c1. The molecule has 0 unspecified atom stereocenters. The van der Waals surface area contributed by atoms with Gasteiger partial charge < -0.3 is 10.1 Å². The first kappa shape index (κ1) is 29.9. The molecule has 15 heteroatoms. The van der Waals surface area contributed by atoms with Gasteiger partial charge in [0, 0.05) is 40.7 Å². The van der Waals surface area contributed by atoms with Gasteiger partial charge >= 0.3 is 0 Å². The van der Waals surface area contributed by atoms with E-state index in [9.17, 15) is 24.6 Å². The Hall–Kier alpha value is -5.53. The minimum atomic E-state index is -0.483. The Labute approximate surface area is 257 Å². The van der Waals surface area contributed by atoms with Gasteiger partial charge in [0.1, 0.15) is 41.8 Å². The summed E-state index contributed by atoms with van der Waals surface area (Å²) in [6, 6.07) is 19.8. The number of non-ortho nitro benzene ring substituents is 2. The molecule has 0 saturated heterocycles. The number of nitrogens with one attached hydrogen (secondary N) is 1. The summed E-state index contributed by atoms with van der Waals surface area (Å²) in [7, 11) is 0. The first-order chi connectivity index (χ1) is 21.2. The van der Waals surface area contributed by atoms with Gasteiger partial charge in [-0.3, -0.25) is 20.2 Å². The highest BCUT2D eigenvalue weighted by molar-refractivity contribution is 6.34. The minimum Gasteiger partial charge on any atom is -0.487 e. The second-order valence-electron chi connectivity index (χ2n) is 8.99. The lowest BCUT2D eigenvalue weighted by molar-refractivity contribution is -0.384. The number of nitro groups is 2. The van der Waals surface area contributed by atoms with Crippen LogP contribution in [0.15, 0.2) is 91.5 Å². The smallest absolute Gasteiger partial charge is 0.270 e. The molecular formula is C29H18Cl2FN7O5. The molecule has 2 aromatic heterocycles. The molecule has 0 fully saturated rings. The molecule has 12 nitrogen and oxygen atoms in total. The van der Waals surface area contributed by atoms with Crippen LogP contribution in [-0.4, -0.2) is 29.8 Å². The third kappa shape index (κ3) is 7.09. The first-order valence-corrected chi connectivity index (χ1v) is 13.3. The number of halogens is 3. The number of nitro benzene ring substituents is 2. The van der Waals surface area contributed by atoms with E-state index in [-0.39, 0.29) is 29.0 Å². The van der Waals surface area contributed by atoms with Crippen LogP contribution < -0.4 is 10.1 Å². The van der Waals surface area contributed by atoms with Crippen molar-refractivity contribution in [1.29, 1.82) is 0 Å². The fourth-order valence-electron chi connectivity index (χ4n) is 4.00. The van der Waals surface area contributed by atoms with E-state index in [0.717, 1.165) is 0 Å². The lowest BCUT2D eigenvalue weighted by Crippen LogP contribution is -1.99. The monoisotopic (exact) mass is 633 g/mol. The van der Waals surface area contributed by atoms with E-state index in [4.69, 9.17) is 27.9 Å². The predicted octanol–water partition coefficient (Wildman–Crippen LogP) is 7.84. The van der Waals surface area contributed by atoms with Gasteiger partial charge in [-0.15, -0.1) is 0 Å². The summed E-state index contributed by atoms with van der Waals surface area (Å²) < 4.78 is 18.9. The van der Waals surface area contributed by atoms with Crippen molar-refractivity contribution >= 4 is 67.9 Å². The lowest BCUT2D eigenvalue weighted by atomic mass is 10.2. The number of hydrogen-bond donors (Lipinski definition) is 1. The highest BCUT2D eigenvalue weighted by atomic mass is 35.5. The average molecular weight is 634 g/mol. The number of anilines is 2. The highest BCUT2D eigenvalue weighted by Gasteiger charge is 2.12. The van der Waals surface area contributed by atoms with Gasteiger partial charge in [-0.1, -0.05) is 35.3 Å². The maximum atomic E-state index is 13.3. The second-order valence-corrected chi connectivity index (χ2v) is 9.76. The van der Waals surface area contributed by atoms with E-state index in [2.05, 4.69) is 25.3 Å². The number of hydrogen-bond acceptors (Lipinski definition) is 10. The van der Waals surface area contributed by atoms with E-state index in [1.807, 2.05) is 0 Å². The Kier molecular flexibility index (Phi) is 8.98. The summed E-state index contributed by atoms with van der Waals surface area (Å²) in [6.07, 6.45) is 2.69. The van der Waals surface area contributed by atoms with E-state index in [1.54, 1.807) is 42.5 Å². The molecule has 1 N–H and O–H groups in total. The molecule has 4 aromatic carbocycles. The van der Waals surface area contributed by atoms with Crippen molar-refractivity contribution < 1.29 is 19.0 Å². The van der Waals surface area contributed by atoms with Crippen molar-refractivity contribution in [2.75, 3.05) is 5.32 Å². The predicted molar refractivity (Wildman–Crippen MR) is 163 cm³/mol. The normalized spacial score (nSPS) is 10.6. The van der Waals surface area contributed by atoms with Crippen LogP contribution in [0.25, 0.3) is 21.8 Å². The highest BCUT2D eigenvalue weighted by Crippen LogP contribution is 2.32. The van der Waals surface area contributed by atoms with Gasteiger partial charge in [0.2, 0.25) is 0 Å². The van der Waals surface area contributed by atoms with Gasteiger partial charge in [0.15, 0.2) is 0 Å². The number of rotatable bonds is 7. The summed E-state index contributed by atoms with van der Waals surface area (Å²) in [4.78, 5) is 36.6. The number of fused-ring (bicyclic) bond motifs is 2. The molecule has 6 aromatic rings. The Morgan fingerprint density at radius 3 is 2.09 bits per heavy atom. The third-order valence-electron chi connectivity index (χ3n) is 6.09.